The number of carbonyl (C=O) groups excluding carboxylic acids is 1. The van der Waals surface area contributed by atoms with Gasteiger partial charge in [0.25, 0.3) is 0 Å². The van der Waals surface area contributed by atoms with Gasteiger partial charge in [0.1, 0.15) is 0 Å². The highest BCUT2D eigenvalue weighted by atomic mass is 35.5. The molecule has 0 aliphatic rings. The number of methoxy groups -OCH3 is 1. The summed E-state index contributed by atoms with van der Waals surface area (Å²) in [6.45, 7) is 1.86. The highest BCUT2D eigenvalue weighted by Gasteiger charge is 2.09. The molecular weight excluding hydrogens is 223 g/mol. The average molecular weight is 233 g/mol. The second kappa shape index (κ2) is 4.67. The second-order valence-corrected chi connectivity index (χ2v) is 3.76. The molecule has 0 aliphatic heterocycles. The third-order valence-electron chi connectivity index (χ3n) is 1.89. The topological polar surface area (TPSA) is 26.3 Å². The van der Waals surface area contributed by atoms with Crippen LogP contribution in [0.15, 0.2) is 12.1 Å². The summed E-state index contributed by atoms with van der Waals surface area (Å²) in [6, 6.07) is 3.43. The van der Waals surface area contributed by atoms with Gasteiger partial charge in [-0.05, 0) is 24.1 Å². The Labute approximate surface area is 92.8 Å². The molecule has 0 saturated carbocycles. The van der Waals surface area contributed by atoms with Gasteiger partial charge in [0, 0.05) is 10.0 Å². The summed E-state index contributed by atoms with van der Waals surface area (Å²) < 4.78 is 4.55. The van der Waals surface area contributed by atoms with Gasteiger partial charge in [0.05, 0.1) is 13.5 Å². The minimum absolute atomic E-state index is 0.174. The third kappa shape index (κ3) is 2.63. The Kier molecular flexibility index (Phi) is 3.78. The van der Waals surface area contributed by atoms with Crippen molar-refractivity contribution >= 4 is 29.2 Å². The lowest BCUT2D eigenvalue weighted by Gasteiger charge is -2.05. The predicted octanol–water partition coefficient (Wildman–Crippen LogP) is 3.02. The van der Waals surface area contributed by atoms with E-state index in [-0.39, 0.29) is 12.4 Å². The van der Waals surface area contributed by atoms with Gasteiger partial charge < -0.3 is 4.74 Å². The maximum Gasteiger partial charge on any atom is 0.310 e. The number of hydrogen-bond acceptors (Lipinski definition) is 2. The minimum atomic E-state index is -0.311. The molecule has 0 amide bonds. The van der Waals surface area contributed by atoms with Crippen molar-refractivity contribution in [2.75, 3.05) is 7.11 Å². The first-order valence-corrected chi connectivity index (χ1v) is 4.81. The van der Waals surface area contributed by atoms with Crippen LogP contribution in [-0.4, -0.2) is 13.1 Å². The van der Waals surface area contributed by atoms with E-state index in [1.165, 1.54) is 7.11 Å². The molecule has 0 N–H and O–H groups in total. The van der Waals surface area contributed by atoms with E-state index >= 15 is 0 Å². The van der Waals surface area contributed by atoms with E-state index in [0.717, 1.165) is 11.1 Å². The van der Waals surface area contributed by atoms with Crippen LogP contribution < -0.4 is 0 Å². The van der Waals surface area contributed by atoms with Gasteiger partial charge in [-0.2, -0.15) is 0 Å². The van der Waals surface area contributed by atoms with Crippen LogP contribution in [0.1, 0.15) is 11.1 Å². The van der Waals surface area contributed by atoms with Crippen molar-refractivity contribution in [1.82, 2.24) is 0 Å². The summed E-state index contributed by atoms with van der Waals surface area (Å²) in [6.07, 6.45) is 0.174. The Morgan fingerprint density at radius 3 is 2.57 bits per heavy atom. The Balaban J connectivity index is 2.98. The maximum absolute atomic E-state index is 11.0. The van der Waals surface area contributed by atoms with E-state index in [0.29, 0.717) is 10.0 Å². The fourth-order valence-corrected chi connectivity index (χ4v) is 1.53. The molecule has 1 aromatic rings. The molecule has 0 bridgehead atoms. The van der Waals surface area contributed by atoms with Crippen LogP contribution >= 0.6 is 23.2 Å². The Morgan fingerprint density at radius 1 is 1.36 bits per heavy atom. The summed E-state index contributed by atoms with van der Waals surface area (Å²) in [5.74, 6) is -0.311. The standard InChI is InChI=1S/C10H10Cl2O2/c1-6-3-7(4-10(13)14-2)9(12)5-8(6)11/h3,5H,4H2,1-2H3. The predicted molar refractivity (Wildman–Crippen MR) is 56.9 cm³/mol. The lowest BCUT2D eigenvalue weighted by Crippen LogP contribution is -2.05. The summed E-state index contributed by atoms with van der Waals surface area (Å²) in [4.78, 5) is 11.0. The van der Waals surface area contributed by atoms with Crippen LogP contribution in [0.25, 0.3) is 0 Å². The first-order chi connectivity index (χ1) is 6.54. The van der Waals surface area contributed by atoms with Crippen molar-refractivity contribution in [3.05, 3.63) is 33.3 Å². The molecule has 1 aromatic carbocycles. The number of benzene rings is 1. The van der Waals surface area contributed by atoms with Gasteiger partial charge in [-0.1, -0.05) is 29.3 Å². The van der Waals surface area contributed by atoms with E-state index in [1.54, 1.807) is 12.1 Å². The van der Waals surface area contributed by atoms with Crippen LogP contribution in [0.4, 0.5) is 0 Å². The molecule has 0 atom stereocenters. The number of rotatable bonds is 2. The highest BCUT2D eigenvalue weighted by molar-refractivity contribution is 6.35. The number of aryl methyl sites for hydroxylation is 1. The van der Waals surface area contributed by atoms with Crippen molar-refractivity contribution in [2.24, 2.45) is 0 Å². The number of esters is 1. The number of hydrogen-bond donors (Lipinski definition) is 0. The molecule has 76 valence electrons. The summed E-state index contributed by atoms with van der Waals surface area (Å²) in [5.41, 5.74) is 1.63. The van der Waals surface area contributed by atoms with Crippen molar-refractivity contribution < 1.29 is 9.53 Å². The van der Waals surface area contributed by atoms with Crippen LogP contribution in [0, 0.1) is 6.92 Å². The van der Waals surface area contributed by atoms with Gasteiger partial charge in [0.15, 0.2) is 0 Å². The molecule has 14 heavy (non-hydrogen) atoms. The molecule has 0 radical (unpaired) electrons. The van der Waals surface area contributed by atoms with Crippen LogP contribution in [0.3, 0.4) is 0 Å². The van der Waals surface area contributed by atoms with E-state index in [1.807, 2.05) is 6.92 Å². The SMILES string of the molecule is COC(=O)Cc1cc(C)c(Cl)cc1Cl. The molecule has 0 saturated heterocycles. The smallest absolute Gasteiger partial charge is 0.310 e. The lowest BCUT2D eigenvalue weighted by atomic mass is 10.1. The van der Waals surface area contributed by atoms with Crippen LogP contribution in [0.5, 0.6) is 0 Å². The molecule has 0 aliphatic carbocycles. The average Bonchev–Trinajstić information content (AvgIpc) is 2.14. The number of carbonyl (C=O) groups is 1. The summed E-state index contributed by atoms with van der Waals surface area (Å²) in [5, 5.41) is 1.09. The molecule has 1 rings (SSSR count). The van der Waals surface area contributed by atoms with E-state index in [4.69, 9.17) is 23.2 Å². The van der Waals surface area contributed by atoms with Crippen LogP contribution in [-0.2, 0) is 16.0 Å². The number of halogens is 2. The molecule has 0 fully saturated rings. The van der Waals surface area contributed by atoms with Gasteiger partial charge in [0.2, 0.25) is 0 Å². The summed E-state index contributed by atoms with van der Waals surface area (Å²) in [7, 11) is 1.35. The van der Waals surface area contributed by atoms with Crippen molar-refractivity contribution in [3.63, 3.8) is 0 Å². The first kappa shape index (κ1) is 11.3. The Hall–Kier alpha value is -0.730. The molecule has 0 unspecified atom stereocenters. The number of ether oxygens (including phenoxy) is 1. The largest absolute Gasteiger partial charge is 0.469 e. The highest BCUT2D eigenvalue weighted by Crippen LogP contribution is 2.25. The zero-order valence-corrected chi connectivity index (χ0v) is 9.45. The molecule has 4 heteroatoms. The Morgan fingerprint density at radius 2 is 2.00 bits per heavy atom. The lowest BCUT2D eigenvalue weighted by molar-refractivity contribution is -0.139. The molecule has 0 spiro atoms. The zero-order chi connectivity index (χ0) is 10.7. The zero-order valence-electron chi connectivity index (χ0n) is 7.93. The third-order valence-corrected chi connectivity index (χ3v) is 2.65. The van der Waals surface area contributed by atoms with E-state index in [2.05, 4.69) is 4.74 Å². The van der Waals surface area contributed by atoms with Gasteiger partial charge in [-0.3, -0.25) is 4.79 Å². The fourth-order valence-electron chi connectivity index (χ4n) is 1.08. The quantitative estimate of drug-likeness (QED) is 0.734. The first-order valence-electron chi connectivity index (χ1n) is 4.06. The van der Waals surface area contributed by atoms with Gasteiger partial charge >= 0.3 is 5.97 Å². The van der Waals surface area contributed by atoms with E-state index < -0.39 is 0 Å². The summed E-state index contributed by atoms with van der Waals surface area (Å²) >= 11 is 11.8. The molecule has 2 nitrogen and oxygen atoms in total. The molecular formula is C10H10Cl2O2. The monoisotopic (exact) mass is 232 g/mol. The maximum atomic E-state index is 11.0. The molecule has 0 heterocycles. The van der Waals surface area contributed by atoms with Crippen molar-refractivity contribution in [2.45, 2.75) is 13.3 Å². The Bertz CT molecular complexity index is 361. The van der Waals surface area contributed by atoms with Crippen molar-refractivity contribution in [3.8, 4) is 0 Å². The minimum Gasteiger partial charge on any atom is -0.469 e. The fraction of sp³-hybridized carbons (Fsp3) is 0.300. The molecule has 0 aromatic heterocycles. The van der Waals surface area contributed by atoms with Gasteiger partial charge in [-0.25, -0.2) is 0 Å². The van der Waals surface area contributed by atoms with Crippen LogP contribution in [0.2, 0.25) is 10.0 Å². The normalized spacial score (nSPS) is 10.0. The van der Waals surface area contributed by atoms with E-state index in [9.17, 15) is 4.79 Å². The van der Waals surface area contributed by atoms with Crippen molar-refractivity contribution in [1.29, 1.82) is 0 Å². The van der Waals surface area contributed by atoms with Gasteiger partial charge in [-0.15, -0.1) is 0 Å². The second-order valence-electron chi connectivity index (χ2n) is 2.95.